The molecule has 126 valence electrons. The summed E-state index contributed by atoms with van der Waals surface area (Å²) in [6.45, 7) is 1.81. The van der Waals surface area contributed by atoms with Crippen molar-refractivity contribution in [1.29, 1.82) is 0 Å². The number of ether oxygens (including phenoxy) is 1. The first kappa shape index (κ1) is 17.0. The second kappa shape index (κ2) is 6.24. The summed E-state index contributed by atoms with van der Waals surface area (Å²) >= 11 is 3.31. The fourth-order valence-electron chi connectivity index (χ4n) is 2.92. The van der Waals surface area contributed by atoms with Gasteiger partial charge in [-0.2, -0.15) is 13.2 Å². The maximum Gasteiger partial charge on any atom is 0.416 e. The lowest BCUT2D eigenvalue weighted by molar-refractivity contribution is -0.137. The van der Waals surface area contributed by atoms with Gasteiger partial charge in [0.2, 0.25) is 0 Å². The zero-order chi connectivity index (χ0) is 17.5. The summed E-state index contributed by atoms with van der Waals surface area (Å²) in [4.78, 5) is 12.0. The molecule has 0 fully saturated rings. The lowest BCUT2D eigenvalue weighted by Crippen LogP contribution is -2.09. The van der Waals surface area contributed by atoms with Crippen molar-refractivity contribution in [3.8, 4) is 0 Å². The minimum atomic E-state index is -4.36. The van der Waals surface area contributed by atoms with Crippen molar-refractivity contribution in [2.24, 2.45) is 0 Å². The minimum Gasteiger partial charge on any atom is -0.454 e. The van der Waals surface area contributed by atoms with Crippen molar-refractivity contribution in [2.45, 2.75) is 32.0 Å². The fraction of sp³-hybridized carbons (Fsp3) is 0.278. The number of hydrogen-bond donors (Lipinski definition) is 0. The molecule has 2 nitrogen and oxygen atoms in total. The number of fused-ring (bicyclic) bond motifs is 1. The molecule has 2 aromatic rings. The summed E-state index contributed by atoms with van der Waals surface area (Å²) in [6.07, 6.45) is -3.99. The summed E-state index contributed by atoms with van der Waals surface area (Å²) < 4.78 is 44.7. The van der Waals surface area contributed by atoms with Gasteiger partial charge in [0.25, 0.3) is 0 Å². The molecule has 0 saturated heterocycles. The molecule has 3 rings (SSSR count). The highest BCUT2D eigenvalue weighted by Crippen LogP contribution is 2.36. The van der Waals surface area contributed by atoms with Crippen molar-refractivity contribution < 1.29 is 22.7 Å². The minimum absolute atomic E-state index is 0.363. The monoisotopic (exact) mass is 398 g/mol. The van der Waals surface area contributed by atoms with Crippen LogP contribution in [0.5, 0.6) is 0 Å². The molecule has 1 heterocycles. The summed E-state index contributed by atoms with van der Waals surface area (Å²) in [6, 6.07) is 9.06. The lowest BCUT2D eigenvalue weighted by atomic mass is 9.94. The average molecular weight is 399 g/mol. The van der Waals surface area contributed by atoms with Crippen LogP contribution in [0.15, 0.2) is 40.9 Å². The molecular weight excluding hydrogens is 385 g/mol. The highest BCUT2D eigenvalue weighted by molar-refractivity contribution is 9.10. The summed E-state index contributed by atoms with van der Waals surface area (Å²) in [5.41, 5.74) is 1.99. The molecule has 1 atom stereocenters. The molecule has 6 heteroatoms. The van der Waals surface area contributed by atoms with Gasteiger partial charge >= 0.3 is 12.1 Å². The third kappa shape index (κ3) is 3.20. The normalized spacial score (nSPS) is 16.9. The van der Waals surface area contributed by atoms with Crippen LogP contribution < -0.4 is 0 Å². The number of carbonyl (C=O) groups excluding carboxylic acids is 1. The Morgan fingerprint density at radius 1 is 1.12 bits per heavy atom. The molecule has 1 unspecified atom stereocenters. The Hall–Kier alpha value is -1.82. The van der Waals surface area contributed by atoms with Crippen LogP contribution in [0.1, 0.15) is 45.6 Å². The Morgan fingerprint density at radius 2 is 1.88 bits per heavy atom. The first-order chi connectivity index (χ1) is 11.3. The molecule has 0 radical (unpaired) electrons. The van der Waals surface area contributed by atoms with Crippen LogP contribution in [-0.2, 0) is 23.8 Å². The topological polar surface area (TPSA) is 26.3 Å². The molecule has 0 bridgehead atoms. The van der Waals surface area contributed by atoms with Crippen LogP contribution >= 0.6 is 15.9 Å². The van der Waals surface area contributed by atoms with Crippen LogP contribution in [-0.4, -0.2) is 5.97 Å². The molecule has 0 aliphatic carbocycles. The largest absolute Gasteiger partial charge is 0.454 e. The quantitative estimate of drug-likeness (QED) is 0.639. The summed E-state index contributed by atoms with van der Waals surface area (Å²) in [5.74, 6) is -0.402. The first-order valence-corrected chi connectivity index (χ1v) is 8.28. The molecular formula is C18H14BrF3O2. The van der Waals surface area contributed by atoms with E-state index >= 15 is 0 Å². The molecule has 0 spiro atoms. The number of aryl methyl sites for hydroxylation is 1. The van der Waals surface area contributed by atoms with Crippen LogP contribution in [0.2, 0.25) is 0 Å². The Labute approximate surface area is 145 Å². The van der Waals surface area contributed by atoms with E-state index in [-0.39, 0.29) is 0 Å². The van der Waals surface area contributed by atoms with Gasteiger partial charge < -0.3 is 4.74 Å². The number of carbonyl (C=O) groups is 1. The number of benzene rings is 2. The van der Waals surface area contributed by atoms with E-state index in [0.29, 0.717) is 24.0 Å². The highest BCUT2D eigenvalue weighted by Gasteiger charge is 2.33. The van der Waals surface area contributed by atoms with E-state index in [1.54, 1.807) is 6.07 Å². The Morgan fingerprint density at radius 3 is 2.54 bits per heavy atom. The van der Waals surface area contributed by atoms with Gasteiger partial charge in [-0.15, -0.1) is 0 Å². The van der Waals surface area contributed by atoms with Crippen molar-refractivity contribution in [2.75, 3.05) is 0 Å². The smallest absolute Gasteiger partial charge is 0.416 e. The summed E-state index contributed by atoms with van der Waals surface area (Å²) in [5, 5.41) is 0. The van der Waals surface area contributed by atoms with Gasteiger partial charge in [-0.3, -0.25) is 0 Å². The predicted molar refractivity (Wildman–Crippen MR) is 86.8 cm³/mol. The molecule has 1 aliphatic heterocycles. The predicted octanol–water partition coefficient (Wildman–Crippen LogP) is 5.48. The second-order valence-corrected chi connectivity index (χ2v) is 6.58. The zero-order valence-electron chi connectivity index (χ0n) is 12.8. The van der Waals surface area contributed by atoms with E-state index in [1.165, 1.54) is 12.1 Å². The number of rotatable bonds is 3. The van der Waals surface area contributed by atoms with Gasteiger partial charge in [0.15, 0.2) is 0 Å². The Balaban J connectivity index is 1.92. The van der Waals surface area contributed by atoms with Gasteiger partial charge in [-0.05, 0) is 41.8 Å². The van der Waals surface area contributed by atoms with E-state index < -0.39 is 23.8 Å². The van der Waals surface area contributed by atoms with Crippen LogP contribution in [0, 0.1) is 0 Å². The third-order valence-electron chi connectivity index (χ3n) is 4.15. The van der Waals surface area contributed by atoms with Crippen molar-refractivity contribution in [3.05, 3.63) is 68.7 Å². The van der Waals surface area contributed by atoms with E-state index in [4.69, 9.17) is 4.74 Å². The molecule has 2 aromatic carbocycles. The SMILES string of the molecule is CCc1cc(C(F)(F)F)ccc1CC1OC(=O)c2cc(Br)ccc21. The molecule has 0 aromatic heterocycles. The number of halogens is 4. The van der Waals surface area contributed by atoms with E-state index in [1.807, 2.05) is 19.1 Å². The van der Waals surface area contributed by atoms with Crippen LogP contribution in [0.4, 0.5) is 13.2 Å². The highest BCUT2D eigenvalue weighted by atomic mass is 79.9. The van der Waals surface area contributed by atoms with Gasteiger partial charge in [0, 0.05) is 16.5 Å². The molecule has 1 aliphatic rings. The third-order valence-corrected chi connectivity index (χ3v) is 4.64. The second-order valence-electron chi connectivity index (χ2n) is 5.66. The fourth-order valence-corrected chi connectivity index (χ4v) is 3.29. The van der Waals surface area contributed by atoms with E-state index in [9.17, 15) is 18.0 Å². The van der Waals surface area contributed by atoms with E-state index in [0.717, 1.165) is 21.7 Å². The van der Waals surface area contributed by atoms with Crippen molar-refractivity contribution >= 4 is 21.9 Å². The van der Waals surface area contributed by atoms with Gasteiger partial charge in [-0.25, -0.2) is 4.79 Å². The zero-order valence-corrected chi connectivity index (χ0v) is 14.4. The molecule has 0 saturated carbocycles. The number of alkyl halides is 3. The number of cyclic esters (lactones) is 1. The van der Waals surface area contributed by atoms with Crippen LogP contribution in [0.25, 0.3) is 0 Å². The Bertz CT molecular complexity index is 799. The Kier molecular flexibility index (Phi) is 4.42. The number of hydrogen-bond acceptors (Lipinski definition) is 2. The maximum atomic E-state index is 12.9. The maximum absolute atomic E-state index is 12.9. The van der Waals surface area contributed by atoms with Crippen LogP contribution in [0.3, 0.4) is 0 Å². The standard InChI is InChI=1S/C18H14BrF3O2/c1-2-10-7-12(18(20,21)22)4-3-11(10)8-16-14-6-5-13(19)9-15(14)17(23)24-16/h3-7,9,16H,2,8H2,1H3. The van der Waals surface area contributed by atoms with Crippen molar-refractivity contribution in [1.82, 2.24) is 0 Å². The van der Waals surface area contributed by atoms with Gasteiger partial charge in [0.1, 0.15) is 6.10 Å². The molecule has 0 N–H and O–H groups in total. The number of esters is 1. The van der Waals surface area contributed by atoms with Crippen molar-refractivity contribution in [3.63, 3.8) is 0 Å². The van der Waals surface area contributed by atoms with Gasteiger partial charge in [-0.1, -0.05) is 35.0 Å². The molecule has 0 amide bonds. The average Bonchev–Trinajstić information content (AvgIpc) is 2.82. The lowest BCUT2D eigenvalue weighted by Gasteiger charge is -2.16. The first-order valence-electron chi connectivity index (χ1n) is 7.49. The van der Waals surface area contributed by atoms with E-state index in [2.05, 4.69) is 15.9 Å². The van der Waals surface area contributed by atoms with Gasteiger partial charge in [0.05, 0.1) is 11.1 Å². The summed E-state index contributed by atoms with van der Waals surface area (Å²) in [7, 11) is 0. The molecule has 24 heavy (non-hydrogen) atoms.